The number of thiazole rings is 1. The van der Waals surface area contributed by atoms with Crippen LogP contribution in [0.25, 0.3) is 15.9 Å². The first-order valence-corrected chi connectivity index (χ1v) is 13.1. The molecule has 4 heterocycles. The van der Waals surface area contributed by atoms with Crippen molar-refractivity contribution in [1.29, 1.82) is 0 Å². The summed E-state index contributed by atoms with van der Waals surface area (Å²) in [4.78, 5) is 24.8. The van der Waals surface area contributed by atoms with Crippen molar-refractivity contribution in [3.05, 3.63) is 81.3 Å². The molecule has 0 spiro atoms. The first-order chi connectivity index (χ1) is 18.0. The van der Waals surface area contributed by atoms with E-state index >= 15 is 0 Å². The minimum absolute atomic E-state index is 0.202. The van der Waals surface area contributed by atoms with Crippen molar-refractivity contribution in [2.45, 2.75) is 44.8 Å². The largest absolute Gasteiger partial charge is 0.483 e. The van der Waals surface area contributed by atoms with E-state index in [4.69, 9.17) is 16.3 Å². The molecule has 4 aromatic heterocycles. The maximum absolute atomic E-state index is 13.0. The van der Waals surface area contributed by atoms with Crippen LogP contribution in [0.5, 0.6) is 5.75 Å². The van der Waals surface area contributed by atoms with E-state index in [1.165, 1.54) is 11.3 Å². The minimum atomic E-state index is -0.303. The van der Waals surface area contributed by atoms with Gasteiger partial charge in [0.05, 0.1) is 28.5 Å². The molecule has 0 aliphatic heterocycles. The second-order valence-corrected chi connectivity index (χ2v) is 10.4. The van der Waals surface area contributed by atoms with E-state index < -0.39 is 0 Å². The molecule has 0 unspecified atom stereocenters. The van der Waals surface area contributed by atoms with Crippen LogP contribution in [-0.2, 0) is 0 Å². The average molecular weight is 535 g/mol. The summed E-state index contributed by atoms with van der Waals surface area (Å²) in [6, 6.07) is 10.7. The number of anilines is 1. The third-order valence-corrected chi connectivity index (χ3v) is 7.48. The topological polar surface area (TPSA) is 124 Å². The normalized spacial score (nSPS) is 15.0. The summed E-state index contributed by atoms with van der Waals surface area (Å²) in [5.41, 5.74) is 1.79. The van der Waals surface area contributed by atoms with Crippen molar-refractivity contribution in [3.8, 4) is 10.8 Å². The van der Waals surface area contributed by atoms with Crippen molar-refractivity contribution < 1.29 is 4.74 Å². The number of fused-ring (bicyclic) bond motifs is 1. The van der Waals surface area contributed by atoms with Crippen LogP contribution in [0.2, 0.25) is 5.02 Å². The minimum Gasteiger partial charge on any atom is -0.483 e. The summed E-state index contributed by atoms with van der Waals surface area (Å²) >= 11 is 7.98. The van der Waals surface area contributed by atoms with E-state index in [1.54, 1.807) is 29.2 Å². The van der Waals surface area contributed by atoms with Gasteiger partial charge in [0, 0.05) is 29.1 Å². The third kappa shape index (κ3) is 4.79. The number of benzene rings is 1. The number of hydrogen-bond acceptors (Lipinski definition) is 9. The van der Waals surface area contributed by atoms with Crippen molar-refractivity contribution in [3.63, 3.8) is 0 Å². The fraction of sp³-hybridized carbons (Fsp3) is 0.280. The molecule has 12 heteroatoms. The molecule has 0 saturated heterocycles. The van der Waals surface area contributed by atoms with E-state index in [2.05, 4.69) is 35.8 Å². The fourth-order valence-electron chi connectivity index (χ4n) is 4.14. The molecular weight excluding hydrogens is 512 g/mol. The predicted octanol–water partition coefficient (Wildman–Crippen LogP) is 5.20. The highest BCUT2D eigenvalue weighted by atomic mass is 35.5. The van der Waals surface area contributed by atoms with Gasteiger partial charge in [-0.1, -0.05) is 29.0 Å². The number of tetrazole rings is 1. The third-order valence-electron chi connectivity index (χ3n) is 6.28. The van der Waals surface area contributed by atoms with Gasteiger partial charge in [0.1, 0.15) is 16.9 Å². The Labute approximate surface area is 220 Å². The number of pyridine rings is 2. The first-order valence-electron chi connectivity index (χ1n) is 11.9. The molecule has 0 amide bonds. The van der Waals surface area contributed by atoms with Crippen LogP contribution >= 0.6 is 22.9 Å². The monoisotopic (exact) mass is 534 g/mol. The molecule has 1 aromatic carbocycles. The Kier molecular flexibility index (Phi) is 6.09. The quantitative estimate of drug-likeness (QED) is 0.278. The standard InChI is InChI=1S/C25H23ClN8O2S/c1-13(29-25-28-12-22(37-25)34-23(15-6-7-15)31-32-33-34)17-9-16-10-18(26)21(11-20(16)30-24(17)35)36-14(2)19-5-3-4-8-27-19/h3-5,8-15H,6-7H2,1-2H3,(H,28,29)(H,30,35)/t13-,14+/m0/s1. The van der Waals surface area contributed by atoms with Crippen LogP contribution < -0.4 is 15.6 Å². The van der Waals surface area contributed by atoms with Crippen molar-refractivity contribution in [1.82, 2.24) is 35.2 Å². The first kappa shape index (κ1) is 23.6. The lowest BCUT2D eigenvalue weighted by Gasteiger charge is -2.17. The molecular formula is C25H23ClN8O2S. The molecule has 1 saturated carbocycles. The molecule has 0 radical (unpaired) electrons. The van der Waals surface area contributed by atoms with Gasteiger partial charge in [0.15, 0.2) is 11.0 Å². The number of hydrogen-bond donors (Lipinski definition) is 2. The number of halogens is 1. The Hall–Kier alpha value is -3.83. The molecule has 10 nitrogen and oxygen atoms in total. The Morgan fingerprint density at radius 3 is 2.86 bits per heavy atom. The summed E-state index contributed by atoms with van der Waals surface area (Å²) in [5.74, 6) is 1.76. The van der Waals surface area contributed by atoms with Gasteiger partial charge in [0.25, 0.3) is 5.56 Å². The maximum atomic E-state index is 13.0. The molecule has 0 bridgehead atoms. The van der Waals surface area contributed by atoms with E-state index in [9.17, 15) is 4.79 Å². The second-order valence-electron chi connectivity index (χ2n) is 9.03. The molecule has 5 aromatic rings. The predicted molar refractivity (Wildman–Crippen MR) is 142 cm³/mol. The summed E-state index contributed by atoms with van der Waals surface area (Å²) in [5, 5.41) is 18.1. The maximum Gasteiger partial charge on any atom is 0.253 e. The highest BCUT2D eigenvalue weighted by Gasteiger charge is 2.30. The fourth-order valence-corrected chi connectivity index (χ4v) is 5.22. The lowest BCUT2D eigenvalue weighted by molar-refractivity contribution is 0.222. The van der Waals surface area contributed by atoms with Gasteiger partial charge in [-0.15, -0.1) is 5.10 Å². The van der Waals surface area contributed by atoms with Crippen LogP contribution in [0.1, 0.15) is 61.8 Å². The molecule has 2 atom stereocenters. The van der Waals surface area contributed by atoms with Crippen molar-refractivity contribution in [2.75, 3.05) is 5.32 Å². The van der Waals surface area contributed by atoms with Gasteiger partial charge in [0.2, 0.25) is 0 Å². The van der Waals surface area contributed by atoms with Gasteiger partial charge in [-0.25, -0.2) is 4.98 Å². The Morgan fingerprint density at radius 1 is 1.22 bits per heavy atom. The van der Waals surface area contributed by atoms with E-state index in [-0.39, 0.29) is 17.7 Å². The van der Waals surface area contributed by atoms with Crippen LogP contribution in [0.4, 0.5) is 5.13 Å². The van der Waals surface area contributed by atoms with E-state index in [0.29, 0.717) is 32.9 Å². The zero-order valence-electron chi connectivity index (χ0n) is 20.1. The number of nitrogens with one attached hydrogen (secondary N) is 2. The molecule has 1 aliphatic rings. The molecule has 2 N–H and O–H groups in total. The zero-order chi connectivity index (χ0) is 25.5. The van der Waals surface area contributed by atoms with Crippen LogP contribution in [-0.4, -0.2) is 35.2 Å². The summed E-state index contributed by atoms with van der Waals surface area (Å²) in [6.07, 6.45) is 5.36. The van der Waals surface area contributed by atoms with Gasteiger partial charge in [-0.3, -0.25) is 9.78 Å². The lowest BCUT2D eigenvalue weighted by Crippen LogP contribution is -2.19. The lowest BCUT2D eigenvalue weighted by atomic mass is 10.1. The molecule has 1 fully saturated rings. The zero-order valence-corrected chi connectivity index (χ0v) is 21.6. The number of aromatic nitrogens is 7. The molecule has 37 heavy (non-hydrogen) atoms. The van der Waals surface area contributed by atoms with Gasteiger partial charge >= 0.3 is 0 Å². The van der Waals surface area contributed by atoms with Crippen LogP contribution in [0, 0.1) is 0 Å². The molecule has 1 aliphatic carbocycles. The Balaban J connectivity index is 1.22. The highest BCUT2D eigenvalue weighted by molar-refractivity contribution is 7.17. The number of rotatable bonds is 8. The molecule has 6 rings (SSSR count). The summed E-state index contributed by atoms with van der Waals surface area (Å²) in [6.45, 7) is 3.82. The Morgan fingerprint density at radius 2 is 2.08 bits per heavy atom. The van der Waals surface area contributed by atoms with Crippen LogP contribution in [0.3, 0.4) is 0 Å². The number of ether oxygens (including phenoxy) is 1. The smallest absolute Gasteiger partial charge is 0.253 e. The Bertz CT molecular complexity index is 1630. The number of aromatic amines is 1. The van der Waals surface area contributed by atoms with E-state index in [0.717, 1.165) is 34.7 Å². The summed E-state index contributed by atoms with van der Waals surface area (Å²) < 4.78 is 7.78. The van der Waals surface area contributed by atoms with Gasteiger partial charge < -0.3 is 15.0 Å². The van der Waals surface area contributed by atoms with Crippen LogP contribution in [0.15, 0.2) is 53.6 Å². The molecule has 188 valence electrons. The SMILES string of the molecule is C[C@H](Nc1ncc(-n2nnnc2C2CC2)s1)c1cc2cc(Cl)c(O[C@H](C)c3ccccn3)cc2[nH]c1=O. The van der Waals surface area contributed by atoms with E-state index in [1.807, 2.05) is 38.1 Å². The number of nitrogens with zero attached hydrogens (tertiary/aromatic N) is 6. The summed E-state index contributed by atoms with van der Waals surface area (Å²) in [7, 11) is 0. The second kappa shape index (κ2) is 9.56. The van der Waals surface area contributed by atoms with Crippen molar-refractivity contribution in [2.24, 2.45) is 0 Å². The average Bonchev–Trinajstić information content (AvgIpc) is 3.43. The highest BCUT2D eigenvalue weighted by Crippen LogP contribution is 2.40. The van der Waals surface area contributed by atoms with Gasteiger partial charge in [-0.05, 0) is 61.4 Å². The van der Waals surface area contributed by atoms with Gasteiger partial charge in [-0.2, -0.15) is 4.68 Å². The number of H-pyrrole nitrogens is 1. The van der Waals surface area contributed by atoms with Crippen molar-refractivity contribution >= 4 is 39.0 Å².